The quantitative estimate of drug-likeness (QED) is 0.906. The number of nitrogens with zero attached hydrogens (tertiary/aromatic N) is 1. The first-order valence-corrected chi connectivity index (χ1v) is 8.28. The van der Waals surface area contributed by atoms with E-state index in [-0.39, 0.29) is 5.54 Å². The van der Waals surface area contributed by atoms with Gasteiger partial charge in [0, 0.05) is 10.1 Å². The Kier molecular flexibility index (Phi) is 4.16. The van der Waals surface area contributed by atoms with Crippen molar-refractivity contribution in [2.75, 3.05) is 12.3 Å². The van der Waals surface area contributed by atoms with Crippen LogP contribution >= 0.6 is 23.1 Å². The van der Waals surface area contributed by atoms with Crippen LogP contribution in [0, 0.1) is 13.8 Å². The minimum absolute atomic E-state index is 0.129. The molecule has 1 N–H and O–H groups in total. The molecule has 1 aliphatic heterocycles. The van der Waals surface area contributed by atoms with E-state index in [1.54, 1.807) is 0 Å². The molecule has 0 spiro atoms. The SMILES string of the molecule is CCCNC1(c2nc(C)c(C)s2)CCSC1C. The monoisotopic (exact) mass is 270 g/mol. The van der Waals surface area contributed by atoms with Crippen molar-refractivity contribution >= 4 is 23.1 Å². The lowest BCUT2D eigenvalue weighted by atomic mass is 9.93. The van der Waals surface area contributed by atoms with Gasteiger partial charge in [0.1, 0.15) is 5.01 Å². The molecule has 17 heavy (non-hydrogen) atoms. The molecular weight excluding hydrogens is 248 g/mol. The highest BCUT2D eigenvalue weighted by molar-refractivity contribution is 8.00. The summed E-state index contributed by atoms with van der Waals surface area (Å²) in [5, 5.41) is 5.71. The molecule has 1 fully saturated rings. The van der Waals surface area contributed by atoms with Gasteiger partial charge in [-0.2, -0.15) is 11.8 Å². The minimum atomic E-state index is 0.129. The summed E-state index contributed by atoms with van der Waals surface area (Å²) in [6.07, 6.45) is 2.40. The first-order chi connectivity index (χ1) is 8.10. The lowest BCUT2D eigenvalue weighted by Crippen LogP contribution is -2.47. The summed E-state index contributed by atoms with van der Waals surface area (Å²) in [6, 6.07) is 0. The maximum absolute atomic E-state index is 4.81. The molecule has 1 aromatic heterocycles. The molecular formula is C13H22N2S2. The molecule has 0 saturated carbocycles. The molecule has 0 aliphatic carbocycles. The highest BCUT2D eigenvalue weighted by Crippen LogP contribution is 2.44. The number of hydrogen-bond donors (Lipinski definition) is 1. The first kappa shape index (κ1) is 13.4. The van der Waals surface area contributed by atoms with Crippen molar-refractivity contribution in [1.29, 1.82) is 0 Å². The molecule has 0 amide bonds. The summed E-state index contributed by atoms with van der Waals surface area (Å²) in [5.74, 6) is 1.25. The van der Waals surface area contributed by atoms with Crippen LogP contribution in [-0.4, -0.2) is 22.5 Å². The van der Waals surface area contributed by atoms with Gasteiger partial charge in [0.05, 0.1) is 11.2 Å². The molecule has 96 valence electrons. The van der Waals surface area contributed by atoms with Crippen LogP contribution < -0.4 is 5.32 Å². The van der Waals surface area contributed by atoms with E-state index >= 15 is 0 Å². The summed E-state index contributed by atoms with van der Waals surface area (Å²) in [4.78, 5) is 6.17. The number of aromatic nitrogens is 1. The fraction of sp³-hybridized carbons (Fsp3) is 0.769. The molecule has 2 rings (SSSR count). The third kappa shape index (κ3) is 2.40. The van der Waals surface area contributed by atoms with Crippen molar-refractivity contribution in [1.82, 2.24) is 10.3 Å². The lowest BCUT2D eigenvalue weighted by Gasteiger charge is -2.32. The molecule has 2 nitrogen and oxygen atoms in total. The lowest BCUT2D eigenvalue weighted by molar-refractivity contribution is 0.333. The van der Waals surface area contributed by atoms with Gasteiger partial charge in [-0.25, -0.2) is 4.98 Å². The number of hydrogen-bond acceptors (Lipinski definition) is 4. The number of thioether (sulfide) groups is 1. The van der Waals surface area contributed by atoms with Crippen LogP contribution in [0.3, 0.4) is 0 Å². The summed E-state index contributed by atoms with van der Waals surface area (Å²) in [7, 11) is 0. The third-order valence-corrected chi connectivity index (χ3v) is 6.25. The van der Waals surface area contributed by atoms with E-state index in [4.69, 9.17) is 4.98 Å². The van der Waals surface area contributed by atoms with Crippen molar-refractivity contribution in [2.24, 2.45) is 0 Å². The summed E-state index contributed by atoms with van der Waals surface area (Å²) in [5.41, 5.74) is 1.33. The van der Waals surface area contributed by atoms with Gasteiger partial charge in [0.15, 0.2) is 0 Å². The predicted octanol–water partition coefficient (Wildman–Crippen LogP) is 3.48. The Morgan fingerprint density at radius 2 is 2.24 bits per heavy atom. The van der Waals surface area contributed by atoms with Crippen molar-refractivity contribution in [2.45, 2.75) is 51.3 Å². The van der Waals surface area contributed by atoms with Gasteiger partial charge in [0.2, 0.25) is 0 Å². The zero-order valence-electron chi connectivity index (χ0n) is 11.2. The molecule has 1 aromatic rings. The molecule has 0 aromatic carbocycles. The third-order valence-electron chi connectivity index (χ3n) is 3.66. The van der Waals surface area contributed by atoms with E-state index in [2.05, 4.69) is 44.8 Å². The van der Waals surface area contributed by atoms with Gasteiger partial charge in [-0.05, 0) is 39.0 Å². The van der Waals surface area contributed by atoms with E-state index in [0.29, 0.717) is 5.25 Å². The van der Waals surface area contributed by atoms with Crippen molar-refractivity contribution in [3.05, 3.63) is 15.6 Å². The van der Waals surface area contributed by atoms with Crippen LogP contribution in [0.1, 0.15) is 42.3 Å². The largest absolute Gasteiger partial charge is 0.304 e. The molecule has 1 saturated heterocycles. The van der Waals surface area contributed by atoms with Crippen molar-refractivity contribution in [3.8, 4) is 0 Å². The van der Waals surface area contributed by atoms with E-state index in [1.807, 2.05) is 11.3 Å². The Labute approximate surface area is 113 Å². The number of nitrogens with one attached hydrogen (secondary N) is 1. The summed E-state index contributed by atoms with van der Waals surface area (Å²) in [6.45, 7) is 9.95. The van der Waals surface area contributed by atoms with Crippen LogP contribution in [0.25, 0.3) is 0 Å². The van der Waals surface area contributed by atoms with E-state index < -0.39 is 0 Å². The minimum Gasteiger partial charge on any atom is -0.304 e. The molecule has 4 heteroatoms. The smallest absolute Gasteiger partial charge is 0.114 e. The Hall–Kier alpha value is -0.0600. The molecule has 2 unspecified atom stereocenters. The maximum Gasteiger partial charge on any atom is 0.114 e. The van der Waals surface area contributed by atoms with E-state index in [9.17, 15) is 0 Å². The molecule has 2 heterocycles. The van der Waals surface area contributed by atoms with Gasteiger partial charge >= 0.3 is 0 Å². The molecule has 2 atom stereocenters. The number of thiazole rings is 1. The Morgan fingerprint density at radius 3 is 2.71 bits per heavy atom. The van der Waals surface area contributed by atoms with Gasteiger partial charge < -0.3 is 5.32 Å². The fourth-order valence-electron chi connectivity index (χ4n) is 2.34. The van der Waals surface area contributed by atoms with Crippen LogP contribution in [0.4, 0.5) is 0 Å². The zero-order valence-corrected chi connectivity index (χ0v) is 12.8. The predicted molar refractivity (Wildman–Crippen MR) is 78.1 cm³/mol. The van der Waals surface area contributed by atoms with Gasteiger partial charge in [0.25, 0.3) is 0 Å². The fourth-order valence-corrected chi connectivity index (χ4v) is 5.01. The average molecular weight is 270 g/mol. The standard InChI is InChI=1S/C13H22N2S2/c1-5-7-14-13(6-8-16-11(13)4)12-15-9(2)10(3)17-12/h11,14H,5-8H2,1-4H3. The molecule has 0 bridgehead atoms. The normalized spacial score (nSPS) is 28.8. The second kappa shape index (κ2) is 5.29. The second-order valence-corrected chi connectivity index (χ2v) is 7.47. The zero-order chi connectivity index (χ0) is 12.5. The highest BCUT2D eigenvalue weighted by Gasteiger charge is 2.44. The Morgan fingerprint density at radius 1 is 1.47 bits per heavy atom. The Balaban J connectivity index is 2.32. The van der Waals surface area contributed by atoms with Crippen LogP contribution in [0.15, 0.2) is 0 Å². The first-order valence-electron chi connectivity index (χ1n) is 6.41. The number of rotatable bonds is 4. The maximum atomic E-state index is 4.81. The molecule has 1 aliphatic rings. The van der Waals surface area contributed by atoms with Gasteiger partial charge in [-0.15, -0.1) is 11.3 Å². The van der Waals surface area contributed by atoms with Gasteiger partial charge in [-0.1, -0.05) is 13.8 Å². The summed E-state index contributed by atoms with van der Waals surface area (Å²) >= 11 is 3.95. The van der Waals surface area contributed by atoms with Crippen LogP contribution in [0.2, 0.25) is 0 Å². The highest BCUT2D eigenvalue weighted by atomic mass is 32.2. The van der Waals surface area contributed by atoms with Gasteiger partial charge in [-0.3, -0.25) is 0 Å². The van der Waals surface area contributed by atoms with Crippen molar-refractivity contribution in [3.63, 3.8) is 0 Å². The number of aryl methyl sites for hydroxylation is 2. The second-order valence-electron chi connectivity index (χ2n) is 4.82. The topological polar surface area (TPSA) is 24.9 Å². The van der Waals surface area contributed by atoms with Crippen molar-refractivity contribution < 1.29 is 0 Å². The van der Waals surface area contributed by atoms with Crippen LogP contribution in [0.5, 0.6) is 0 Å². The summed E-state index contributed by atoms with van der Waals surface area (Å²) < 4.78 is 0. The van der Waals surface area contributed by atoms with E-state index in [1.165, 1.54) is 34.2 Å². The van der Waals surface area contributed by atoms with Crippen LogP contribution in [-0.2, 0) is 5.54 Å². The average Bonchev–Trinajstić information content (AvgIpc) is 2.82. The molecule has 0 radical (unpaired) electrons. The van der Waals surface area contributed by atoms with E-state index in [0.717, 1.165) is 6.54 Å². The Bertz CT molecular complexity index is 369.